The average molecular weight is 419 g/mol. The molecule has 1 N–H and O–H groups in total. The van der Waals surface area contributed by atoms with Crippen LogP contribution in [-0.4, -0.2) is 18.9 Å². The van der Waals surface area contributed by atoms with Crippen molar-refractivity contribution in [3.8, 4) is 5.75 Å². The van der Waals surface area contributed by atoms with Crippen molar-refractivity contribution in [2.45, 2.75) is 6.92 Å². The van der Waals surface area contributed by atoms with Gasteiger partial charge in [-0.2, -0.15) is 0 Å². The molecule has 0 radical (unpaired) electrons. The standard InChI is InChI=1S/C24H19ClN2O3/c1-15-14-17(25)10-13-20(15)26-22-21(16-8-11-19(30-2)12-9-16)23(28)27(24(22)29)18-6-4-3-5-7-18/h3-14,26H,1-2H3. The highest BCUT2D eigenvalue weighted by Gasteiger charge is 2.40. The third kappa shape index (κ3) is 3.55. The average Bonchev–Trinajstić information content (AvgIpc) is 3.00. The molecule has 3 aromatic rings. The molecule has 1 aliphatic rings. The third-order valence-electron chi connectivity index (χ3n) is 4.93. The van der Waals surface area contributed by atoms with Gasteiger partial charge >= 0.3 is 0 Å². The molecule has 150 valence electrons. The van der Waals surface area contributed by atoms with Crippen molar-refractivity contribution in [3.05, 3.63) is 94.6 Å². The molecule has 6 heteroatoms. The van der Waals surface area contributed by atoms with E-state index >= 15 is 0 Å². The van der Waals surface area contributed by atoms with E-state index in [-0.39, 0.29) is 11.6 Å². The number of anilines is 2. The molecule has 0 atom stereocenters. The van der Waals surface area contributed by atoms with Gasteiger partial charge in [0.1, 0.15) is 11.4 Å². The number of para-hydroxylation sites is 1. The van der Waals surface area contributed by atoms with Gasteiger partial charge in [-0.05, 0) is 60.5 Å². The molecule has 0 bridgehead atoms. The summed E-state index contributed by atoms with van der Waals surface area (Å²) in [6.45, 7) is 1.89. The van der Waals surface area contributed by atoms with Crippen molar-refractivity contribution in [2.75, 3.05) is 17.3 Å². The van der Waals surface area contributed by atoms with Crippen LogP contribution in [0.25, 0.3) is 5.57 Å². The lowest BCUT2D eigenvalue weighted by atomic mass is 10.0. The highest BCUT2D eigenvalue weighted by atomic mass is 35.5. The van der Waals surface area contributed by atoms with Gasteiger partial charge in [0.2, 0.25) is 0 Å². The first kappa shape index (κ1) is 19.7. The van der Waals surface area contributed by atoms with Gasteiger partial charge in [-0.3, -0.25) is 9.59 Å². The van der Waals surface area contributed by atoms with E-state index in [9.17, 15) is 9.59 Å². The summed E-state index contributed by atoms with van der Waals surface area (Å²) in [4.78, 5) is 27.9. The molecule has 0 saturated heterocycles. The zero-order valence-corrected chi connectivity index (χ0v) is 17.2. The van der Waals surface area contributed by atoms with E-state index in [1.165, 1.54) is 4.90 Å². The smallest absolute Gasteiger partial charge is 0.282 e. The predicted octanol–water partition coefficient (Wildman–Crippen LogP) is 5.05. The summed E-state index contributed by atoms with van der Waals surface area (Å²) < 4.78 is 5.21. The zero-order valence-electron chi connectivity index (χ0n) is 16.5. The highest BCUT2D eigenvalue weighted by molar-refractivity contribution is 6.46. The largest absolute Gasteiger partial charge is 0.497 e. The molecule has 5 nitrogen and oxygen atoms in total. The zero-order chi connectivity index (χ0) is 21.3. The van der Waals surface area contributed by atoms with Gasteiger partial charge in [0.05, 0.1) is 18.4 Å². The summed E-state index contributed by atoms with van der Waals surface area (Å²) >= 11 is 6.06. The first-order chi connectivity index (χ1) is 14.5. The van der Waals surface area contributed by atoms with Crippen molar-refractivity contribution in [3.63, 3.8) is 0 Å². The molecule has 0 saturated carbocycles. The van der Waals surface area contributed by atoms with Gasteiger partial charge in [-0.15, -0.1) is 0 Å². The van der Waals surface area contributed by atoms with E-state index in [1.54, 1.807) is 73.8 Å². The number of nitrogens with zero attached hydrogens (tertiary/aromatic N) is 1. The number of aryl methyl sites for hydroxylation is 1. The number of ether oxygens (including phenoxy) is 1. The van der Waals surface area contributed by atoms with Gasteiger partial charge in [0, 0.05) is 10.7 Å². The lowest BCUT2D eigenvalue weighted by Gasteiger charge is -2.15. The van der Waals surface area contributed by atoms with Crippen LogP contribution >= 0.6 is 11.6 Å². The minimum Gasteiger partial charge on any atom is -0.497 e. The number of halogens is 1. The SMILES string of the molecule is COc1ccc(C2=C(Nc3ccc(Cl)cc3C)C(=O)N(c3ccccc3)C2=O)cc1. The number of carbonyl (C=O) groups is 2. The molecule has 0 spiro atoms. The molecule has 1 heterocycles. The Bertz CT molecular complexity index is 1150. The number of imide groups is 1. The lowest BCUT2D eigenvalue weighted by Crippen LogP contribution is -2.32. The molecule has 0 aliphatic carbocycles. The first-order valence-electron chi connectivity index (χ1n) is 9.35. The van der Waals surface area contributed by atoms with E-state index in [2.05, 4.69) is 5.32 Å². The Kier molecular flexibility index (Phi) is 5.29. The van der Waals surface area contributed by atoms with Gasteiger partial charge < -0.3 is 10.1 Å². The van der Waals surface area contributed by atoms with Crippen LogP contribution in [-0.2, 0) is 9.59 Å². The number of carbonyl (C=O) groups excluding carboxylic acids is 2. The van der Waals surface area contributed by atoms with E-state index < -0.39 is 5.91 Å². The second-order valence-corrected chi connectivity index (χ2v) is 7.28. The van der Waals surface area contributed by atoms with Crippen LogP contribution in [0.4, 0.5) is 11.4 Å². The Hall–Kier alpha value is -3.57. The minimum absolute atomic E-state index is 0.222. The van der Waals surface area contributed by atoms with Crippen molar-refractivity contribution < 1.29 is 14.3 Å². The Balaban J connectivity index is 1.83. The van der Waals surface area contributed by atoms with Crippen LogP contribution in [0.3, 0.4) is 0 Å². The molecule has 0 unspecified atom stereocenters. The minimum atomic E-state index is -0.411. The Morgan fingerprint density at radius 1 is 0.900 bits per heavy atom. The van der Waals surface area contributed by atoms with Gasteiger partial charge in [0.25, 0.3) is 11.8 Å². The number of hydrogen-bond acceptors (Lipinski definition) is 4. The number of nitrogens with one attached hydrogen (secondary N) is 1. The lowest BCUT2D eigenvalue weighted by molar-refractivity contribution is -0.120. The van der Waals surface area contributed by atoms with Gasteiger partial charge in [-0.25, -0.2) is 4.90 Å². The monoisotopic (exact) mass is 418 g/mol. The van der Waals surface area contributed by atoms with Crippen LogP contribution in [0.2, 0.25) is 5.02 Å². The molecule has 2 amide bonds. The maximum atomic E-state index is 13.4. The van der Waals surface area contributed by atoms with E-state index in [0.29, 0.717) is 33.3 Å². The Labute approximate surface area is 179 Å². The summed E-state index contributed by atoms with van der Waals surface area (Å²) in [7, 11) is 1.58. The molecule has 4 rings (SSSR count). The molecule has 0 fully saturated rings. The van der Waals surface area contributed by atoms with Crippen LogP contribution < -0.4 is 15.0 Å². The van der Waals surface area contributed by atoms with Crippen molar-refractivity contribution >= 4 is 40.4 Å². The number of hydrogen-bond donors (Lipinski definition) is 1. The van der Waals surface area contributed by atoms with Crippen LogP contribution in [0.15, 0.2) is 78.5 Å². The third-order valence-corrected chi connectivity index (χ3v) is 5.16. The Morgan fingerprint density at radius 2 is 1.60 bits per heavy atom. The summed E-state index contributed by atoms with van der Waals surface area (Å²) in [5.74, 6) is -0.129. The fourth-order valence-corrected chi connectivity index (χ4v) is 3.61. The highest BCUT2D eigenvalue weighted by Crippen LogP contribution is 2.35. The normalized spacial score (nSPS) is 13.8. The van der Waals surface area contributed by atoms with Crippen LogP contribution in [0, 0.1) is 6.92 Å². The molecule has 1 aliphatic heterocycles. The fraction of sp³-hybridized carbons (Fsp3) is 0.0833. The van der Waals surface area contributed by atoms with Crippen molar-refractivity contribution in [2.24, 2.45) is 0 Å². The summed E-state index contributed by atoms with van der Waals surface area (Å²) in [5, 5.41) is 3.77. The van der Waals surface area contributed by atoms with E-state index in [4.69, 9.17) is 16.3 Å². The summed E-state index contributed by atoms with van der Waals surface area (Å²) in [6.07, 6.45) is 0. The van der Waals surface area contributed by atoms with Gasteiger partial charge in [0.15, 0.2) is 0 Å². The molecule has 3 aromatic carbocycles. The van der Waals surface area contributed by atoms with E-state index in [1.807, 2.05) is 13.0 Å². The molecule has 0 aromatic heterocycles. The van der Waals surface area contributed by atoms with Crippen LogP contribution in [0.1, 0.15) is 11.1 Å². The molecule has 30 heavy (non-hydrogen) atoms. The predicted molar refractivity (Wildman–Crippen MR) is 119 cm³/mol. The maximum absolute atomic E-state index is 13.4. The number of rotatable bonds is 5. The van der Waals surface area contributed by atoms with Crippen molar-refractivity contribution in [1.82, 2.24) is 0 Å². The quantitative estimate of drug-likeness (QED) is 0.589. The Morgan fingerprint density at radius 3 is 2.23 bits per heavy atom. The first-order valence-corrected chi connectivity index (χ1v) is 9.73. The van der Waals surface area contributed by atoms with Crippen LogP contribution in [0.5, 0.6) is 5.75 Å². The molecular weight excluding hydrogens is 400 g/mol. The summed E-state index contributed by atoms with van der Waals surface area (Å²) in [6, 6.07) is 21.3. The second kappa shape index (κ2) is 8.05. The number of benzene rings is 3. The number of amides is 2. The fourth-order valence-electron chi connectivity index (χ4n) is 3.38. The molecular formula is C24H19ClN2O3. The number of methoxy groups -OCH3 is 1. The maximum Gasteiger partial charge on any atom is 0.282 e. The summed E-state index contributed by atoms with van der Waals surface area (Å²) in [5.41, 5.74) is 3.24. The van der Waals surface area contributed by atoms with Gasteiger partial charge in [-0.1, -0.05) is 41.9 Å². The van der Waals surface area contributed by atoms with Crippen molar-refractivity contribution in [1.29, 1.82) is 0 Å². The van der Waals surface area contributed by atoms with E-state index in [0.717, 1.165) is 5.56 Å². The topological polar surface area (TPSA) is 58.6 Å². The second-order valence-electron chi connectivity index (χ2n) is 6.84.